The van der Waals surface area contributed by atoms with Crippen LogP contribution in [0.3, 0.4) is 0 Å². The van der Waals surface area contributed by atoms with Gasteiger partial charge in [0.2, 0.25) is 11.8 Å². The van der Waals surface area contributed by atoms with E-state index in [1.807, 2.05) is 31.2 Å². The van der Waals surface area contributed by atoms with E-state index in [0.29, 0.717) is 5.75 Å². The zero-order valence-electron chi connectivity index (χ0n) is 23.5. The summed E-state index contributed by atoms with van der Waals surface area (Å²) in [6.45, 7) is 3.12. The lowest BCUT2D eigenvalue weighted by molar-refractivity contribution is -0.139. The van der Waals surface area contributed by atoms with Gasteiger partial charge < -0.3 is 15.0 Å². The van der Waals surface area contributed by atoms with Crippen LogP contribution in [0.5, 0.6) is 5.75 Å². The molecule has 2 amide bonds. The molecule has 0 aliphatic heterocycles. The molecule has 41 heavy (non-hydrogen) atoms. The average Bonchev–Trinajstić information content (AvgIpc) is 3.48. The molecule has 8 nitrogen and oxygen atoms in total. The Morgan fingerprint density at radius 3 is 2.17 bits per heavy atom. The molecule has 1 N–H and O–H groups in total. The highest BCUT2D eigenvalue weighted by Crippen LogP contribution is 2.26. The summed E-state index contributed by atoms with van der Waals surface area (Å²) in [5.41, 5.74) is 1.97. The molecule has 0 aromatic heterocycles. The highest BCUT2D eigenvalue weighted by atomic mass is 32.2. The first kappa shape index (κ1) is 30.0. The highest BCUT2D eigenvalue weighted by molar-refractivity contribution is 7.92. The molecule has 0 radical (unpaired) electrons. The fraction of sp³-hybridized carbons (Fsp3) is 0.355. The zero-order chi connectivity index (χ0) is 29.6. The van der Waals surface area contributed by atoms with Crippen molar-refractivity contribution in [3.8, 4) is 5.75 Å². The molecular weight excluding hydrogens is 545 g/mol. The molecule has 1 aliphatic rings. The highest BCUT2D eigenvalue weighted by Gasteiger charge is 2.33. The Kier molecular flexibility index (Phi) is 9.65. The number of nitrogens with zero attached hydrogens (tertiary/aromatic N) is 2. The maximum atomic E-state index is 14.0. The number of sulfonamides is 1. The molecular formula is C31H36FN3O5S. The maximum absolute atomic E-state index is 14.0. The molecule has 0 bridgehead atoms. The second kappa shape index (κ2) is 13.2. The molecule has 4 rings (SSSR count). The van der Waals surface area contributed by atoms with E-state index >= 15 is 0 Å². The van der Waals surface area contributed by atoms with Gasteiger partial charge in [0, 0.05) is 12.6 Å². The third kappa shape index (κ3) is 7.43. The fourth-order valence-corrected chi connectivity index (χ4v) is 6.29. The van der Waals surface area contributed by atoms with E-state index in [0.717, 1.165) is 53.2 Å². The number of anilines is 1. The minimum Gasteiger partial charge on any atom is -0.497 e. The molecule has 1 fully saturated rings. The third-order valence-electron chi connectivity index (χ3n) is 7.38. The van der Waals surface area contributed by atoms with Gasteiger partial charge in [-0.2, -0.15) is 0 Å². The first-order valence-corrected chi connectivity index (χ1v) is 15.1. The van der Waals surface area contributed by atoms with Crippen molar-refractivity contribution in [2.75, 3.05) is 18.0 Å². The molecule has 0 unspecified atom stereocenters. The van der Waals surface area contributed by atoms with Gasteiger partial charge in [-0.3, -0.25) is 13.9 Å². The molecule has 0 spiro atoms. The van der Waals surface area contributed by atoms with Gasteiger partial charge in [0.15, 0.2) is 0 Å². The van der Waals surface area contributed by atoms with E-state index in [1.54, 1.807) is 6.92 Å². The normalized spacial score (nSPS) is 14.3. The minimum absolute atomic E-state index is 0.0624. The van der Waals surface area contributed by atoms with Gasteiger partial charge in [-0.25, -0.2) is 12.8 Å². The second-order valence-electron chi connectivity index (χ2n) is 10.3. The quantitative estimate of drug-likeness (QED) is 0.351. The lowest BCUT2D eigenvalue weighted by Crippen LogP contribution is -2.52. The summed E-state index contributed by atoms with van der Waals surface area (Å²) in [4.78, 5) is 28.6. The first-order chi connectivity index (χ1) is 19.6. The Labute approximate surface area is 241 Å². The van der Waals surface area contributed by atoms with Gasteiger partial charge in [0.1, 0.15) is 24.2 Å². The number of amides is 2. The van der Waals surface area contributed by atoms with Crippen LogP contribution in [0.1, 0.15) is 43.7 Å². The molecule has 1 saturated carbocycles. The summed E-state index contributed by atoms with van der Waals surface area (Å²) in [5.74, 6) is -0.926. The van der Waals surface area contributed by atoms with E-state index in [2.05, 4.69) is 5.32 Å². The van der Waals surface area contributed by atoms with Crippen molar-refractivity contribution >= 4 is 27.5 Å². The van der Waals surface area contributed by atoms with Crippen molar-refractivity contribution in [1.82, 2.24) is 10.2 Å². The average molecular weight is 582 g/mol. The Morgan fingerprint density at radius 2 is 1.59 bits per heavy atom. The van der Waals surface area contributed by atoms with Crippen molar-refractivity contribution in [2.45, 2.75) is 63.1 Å². The molecule has 3 aromatic rings. The standard InChI is InChI=1S/C31H36FN3O5S/c1-22-8-10-24(11-9-22)20-34(23(2)31(37)33-26-6-4-5-7-26)30(36)21-35(27-14-12-25(32)13-15-27)41(38,39)29-18-16-28(40-3)17-19-29/h8-19,23,26H,4-7,20-21H2,1-3H3,(H,33,37)/t23-/m0/s1. The Balaban J connectivity index is 1.67. The molecule has 218 valence electrons. The Morgan fingerprint density at radius 1 is 0.976 bits per heavy atom. The largest absolute Gasteiger partial charge is 0.497 e. The van der Waals surface area contributed by atoms with Crippen LogP contribution < -0.4 is 14.4 Å². The number of carbonyl (C=O) groups excluding carboxylic acids is 2. The summed E-state index contributed by atoms with van der Waals surface area (Å²) < 4.78 is 47.6. The SMILES string of the molecule is COc1ccc(S(=O)(=O)N(CC(=O)N(Cc2ccc(C)cc2)[C@@H](C)C(=O)NC2CCCC2)c2ccc(F)cc2)cc1. The van der Waals surface area contributed by atoms with E-state index < -0.39 is 34.3 Å². The number of nitrogens with one attached hydrogen (secondary N) is 1. The van der Waals surface area contributed by atoms with Gasteiger partial charge in [-0.05, 0) is 80.8 Å². The van der Waals surface area contributed by atoms with Crippen molar-refractivity contribution in [1.29, 1.82) is 0 Å². The number of ether oxygens (including phenoxy) is 1. The molecule has 3 aromatic carbocycles. The fourth-order valence-electron chi connectivity index (χ4n) is 4.88. The van der Waals surface area contributed by atoms with Gasteiger partial charge in [0.05, 0.1) is 17.7 Å². The van der Waals surface area contributed by atoms with E-state index in [9.17, 15) is 22.4 Å². The Bertz CT molecular complexity index is 1440. The maximum Gasteiger partial charge on any atom is 0.264 e. The first-order valence-electron chi connectivity index (χ1n) is 13.7. The van der Waals surface area contributed by atoms with E-state index in [4.69, 9.17) is 4.74 Å². The third-order valence-corrected chi connectivity index (χ3v) is 9.17. The van der Waals surface area contributed by atoms with Crippen LogP contribution in [0, 0.1) is 12.7 Å². The number of halogens is 1. The number of aryl methyl sites for hydroxylation is 1. The van der Waals surface area contributed by atoms with Crippen molar-refractivity contribution in [2.24, 2.45) is 0 Å². The van der Waals surface area contributed by atoms with Gasteiger partial charge in [-0.15, -0.1) is 0 Å². The van der Waals surface area contributed by atoms with Crippen LogP contribution >= 0.6 is 0 Å². The smallest absolute Gasteiger partial charge is 0.264 e. The van der Waals surface area contributed by atoms with Crippen LogP contribution in [0.15, 0.2) is 77.7 Å². The van der Waals surface area contributed by atoms with Crippen molar-refractivity contribution in [3.05, 3.63) is 89.7 Å². The van der Waals surface area contributed by atoms with Crippen LogP contribution in [0.4, 0.5) is 10.1 Å². The number of methoxy groups -OCH3 is 1. The molecule has 1 atom stereocenters. The van der Waals surface area contributed by atoms with Crippen molar-refractivity contribution in [3.63, 3.8) is 0 Å². The summed E-state index contributed by atoms with van der Waals surface area (Å²) >= 11 is 0. The van der Waals surface area contributed by atoms with Crippen LogP contribution in [-0.2, 0) is 26.2 Å². The molecule has 1 aliphatic carbocycles. The van der Waals surface area contributed by atoms with Crippen LogP contribution in [-0.4, -0.2) is 50.9 Å². The summed E-state index contributed by atoms with van der Waals surface area (Å²) in [6, 6.07) is 17.5. The number of rotatable bonds is 11. The van der Waals surface area contributed by atoms with Crippen LogP contribution in [0.25, 0.3) is 0 Å². The monoisotopic (exact) mass is 581 g/mol. The number of hydrogen-bond acceptors (Lipinski definition) is 5. The summed E-state index contributed by atoms with van der Waals surface area (Å²) in [6.07, 6.45) is 3.87. The number of benzene rings is 3. The Hall–Kier alpha value is -3.92. The molecule has 0 saturated heterocycles. The summed E-state index contributed by atoms with van der Waals surface area (Å²) in [5, 5.41) is 3.05. The van der Waals surface area contributed by atoms with Gasteiger partial charge in [0.25, 0.3) is 10.0 Å². The lowest BCUT2D eigenvalue weighted by Gasteiger charge is -2.32. The topological polar surface area (TPSA) is 96.0 Å². The predicted octanol–water partition coefficient (Wildman–Crippen LogP) is 4.81. The van der Waals surface area contributed by atoms with Crippen LogP contribution in [0.2, 0.25) is 0 Å². The lowest BCUT2D eigenvalue weighted by atomic mass is 10.1. The summed E-state index contributed by atoms with van der Waals surface area (Å²) in [7, 11) is -2.78. The van der Waals surface area contributed by atoms with Gasteiger partial charge in [-0.1, -0.05) is 42.7 Å². The second-order valence-corrected chi connectivity index (χ2v) is 12.2. The zero-order valence-corrected chi connectivity index (χ0v) is 24.4. The number of hydrogen-bond donors (Lipinski definition) is 1. The van der Waals surface area contributed by atoms with E-state index in [-0.39, 0.29) is 29.1 Å². The molecule has 0 heterocycles. The van der Waals surface area contributed by atoms with Crippen molar-refractivity contribution < 1.29 is 27.1 Å². The van der Waals surface area contributed by atoms with E-state index in [1.165, 1.54) is 48.4 Å². The minimum atomic E-state index is -4.26. The predicted molar refractivity (Wildman–Crippen MR) is 156 cm³/mol. The number of carbonyl (C=O) groups is 2. The van der Waals surface area contributed by atoms with Gasteiger partial charge >= 0.3 is 0 Å². The molecule has 10 heteroatoms.